The average molecular weight is 339 g/mol. The zero-order valence-corrected chi connectivity index (χ0v) is 14.6. The SMILES string of the molecule is Cc1nc2ccc(NC(=O)CC34CC5CC(CC(O)(C5)C3)C4)cc2[nH]1. The molecule has 1 amide bonds. The van der Waals surface area contributed by atoms with Crippen LogP contribution in [0.25, 0.3) is 11.0 Å². The van der Waals surface area contributed by atoms with Gasteiger partial charge in [0.1, 0.15) is 5.82 Å². The van der Waals surface area contributed by atoms with Crippen LogP contribution in [-0.2, 0) is 4.79 Å². The minimum absolute atomic E-state index is 0.0115. The number of anilines is 1. The molecule has 1 heterocycles. The minimum Gasteiger partial charge on any atom is -0.390 e. The van der Waals surface area contributed by atoms with Crippen LogP contribution >= 0.6 is 0 Å². The molecule has 2 aromatic rings. The largest absolute Gasteiger partial charge is 0.390 e. The van der Waals surface area contributed by atoms with Gasteiger partial charge in [0.05, 0.1) is 16.6 Å². The quantitative estimate of drug-likeness (QED) is 0.800. The molecule has 4 bridgehead atoms. The molecule has 0 radical (unpaired) electrons. The third-order valence-electron chi connectivity index (χ3n) is 6.57. The van der Waals surface area contributed by atoms with Gasteiger partial charge in [-0.2, -0.15) is 0 Å². The van der Waals surface area contributed by atoms with Gasteiger partial charge in [0.15, 0.2) is 0 Å². The summed E-state index contributed by atoms with van der Waals surface area (Å²) in [5.74, 6) is 2.17. The van der Waals surface area contributed by atoms with Crippen molar-refractivity contribution >= 4 is 22.6 Å². The van der Waals surface area contributed by atoms with E-state index in [1.807, 2.05) is 25.1 Å². The Morgan fingerprint density at radius 3 is 2.80 bits per heavy atom. The summed E-state index contributed by atoms with van der Waals surface area (Å²) >= 11 is 0. The van der Waals surface area contributed by atoms with Crippen LogP contribution in [0.4, 0.5) is 5.69 Å². The van der Waals surface area contributed by atoms with Crippen molar-refractivity contribution in [1.29, 1.82) is 0 Å². The molecule has 6 rings (SSSR count). The fraction of sp³-hybridized carbons (Fsp3) is 0.600. The van der Waals surface area contributed by atoms with Crippen LogP contribution < -0.4 is 5.32 Å². The lowest BCUT2D eigenvalue weighted by Crippen LogP contribution is -2.56. The van der Waals surface area contributed by atoms with E-state index in [2.05, 4.69) is 15.3 Å². The second kappa shape index (κ2) is 5.07. The Bertz CT molecular complexity index is 842. The highest BCUT2D eigenvalue weighted by Crippen LogP contribution is 2.62. The summed E-state index contributed by atoms with van der Waals surface area (Å²) in [4.78, 5) is 20.3. The topological polar surface area (TPSA) is 78.0 Å². The normalized spacial score (nSPS) is 36.1. The molecule has 1 aromatic carbocycles. The van der Waals surface area contributed by atoms with Gasteiger partial charge < -0.3 is 15.4 Å². The number of nitrogens with zero attached hydrogens (tertiary/aromatic N) is 1. The number of benzene rings is 1. The number of aromatic nitrogens is 2. The van der Waals surface area contributed by atoms with Crippen LogP contribution in [0.2, 0.25) is 0 Å². The number of H-pyrrole nitrogens is 1. The van der Waals surface area contributed by atoms with Gasteiger partial charge in [-0.3, -0.25) is 4.79 Å². The lowest BCUT2D eigenvalue weighted by molar-refractivity contribution is -0.167. The molecule has 2 atom stereocenters. The molecule has 3 N–H and O–H groups in total. The first-order chi connectivity index (χ1) is 11.9. The minimum atomic E-state index is -0.503. The van der Waals surface area contributed by atoms with E-state index in [0.29, 0.717) is 18.3 Å². The number of nitrogens with one attached hydrogen (secondary N) is 2. The van der Waals surface area contributed by atoms with Crippen molar-refractivity contribution in [3.05, 3.63) is 24.0 Å². The van der Waals surface area contributed by atoms with E-state index in [1.54, 1.807) is 0 Å². The number of hydrogen-bond donors (Lipinski definition) is 3. The first-order valence-electron chi connectivity index (χ1n) is 9.39. The van der Waals surface area contributed by atoms with Crippen LogP contribution in [0.15, 0.2) is 18.2 Å². The molecule has 0 aliphatic heterocycles. The van der Waals surface area contributed by atoms with E-state index in [0.717, 1.165) is 54.6 Å². The Morgan fingerprint density at radius 1 is 1.32 bits per heavy atom. The highest BCUT2D eigenvalue weighted by molar-refractivity contribution is 5.93. The van der Waals surface area contributed by atoms with Crippen molar-refractivity contribution < 1.29 is 9.90 Å². The first kappa shape index (κ1) is 15.4. The Morgan fingerprint density at radius 2 is 2.08 bits per heavy atom. The predicted octanol–water partition coefficient (Wildman–Crippen LogP) is 3.53. The van der Waals surface area contributed by atoms with Crippen LogP contribution in [0, 0.1) is 24.2 Å². The second-order valence-corrected chi connectivity index (χ2v) is 8.96. The van der Waals surface area contributed by atoms with Crippen molar-refractivity contribution in [1.82, 2.24) is 9.97 Å². The Balaban J connectivity index is 1.33. The van der Waals surface area contributed by atoms with Crippen molar-refractivity contribution in [2.24, 2.45) is 17.3 Å². The van der Waals surface area contributed by atoms with Gasteiger partial charge in [-0.15, -0.1) is 0 Å². The van der Waals surface area contributed by atoms with Gasteiger partial charge in [-0.1, -0.05) is 0 Å². The predicted molar refractivity (Wildman–Crippen MR) is 96.1 cm³/mol. The number of hydrogen-bond acceptors (Lipinski definition) is 3. The number of carbonyl (C=O) groups excluding carboxylic acids is 1. The average Bonchev–Trinajstić information content (AvgIpc) is 2.83. The lowest BCUT2D eigenvalue weighted by atomic mass is 9.47. The smallest absolute Gasteiger partial charge is 0.224 e. The Hall–Kier alpha value is -1.88. The number of amides is 1. The third kappa shape index (κ3) is 2.65. The summed E-state index contributed by atoms with van der Waals surface area (Å²) in [5.41, 5.74) is 2.18. The molecule has 4 aliphatic rings. The second-order valence-electron chi connectivity index (χ2n) is 8.96. The third-order valence-corrected chi connectivity index (χ3v) is 6.57. The van der Waals surface area contributed by atoms with E-state index >= 15 is 0 Å². The Labute approximate surface area is 147 Å². The molecular formula is C20H25N3O2. The number of fused-ring (bicyclic) bond motifs is 1. The first-order valence-corrected chi connectivity index (χ1v) is 9.39. The summed E-state index contributed by atoms with van der Waals surface area (Å²) in [5, 5.41) is 13.9. The molecule has 1 aromatic heterocycles. The molecule has 25 heavy (non-hydrogen) atoms. The van der Waals surface area contributed by atoms with E-state index in [4.69, 9.17) is 0 Å². The maximum absolute atomic E-state index is 12.7. The number of aromatic amines is 1. The summed E-state index contributed by atoms with van der Waals surface area (Å²) in [6, 6.07) is 5.79. The van der Waals surface area contributed by atoms with Crippen molar-refractivity contribution in [3.63, 3.8) is 0 Å². The van der Waals surface area contributed by atoms with E-state index in [1.165, 1.54) is 6.42 Å². The van der Waals surface area contributed by atoms with Crippen molar-refractivity contribution in [2.75, 3.05) is 5.32 Å². The number of imidazole rings is 1. The van der Waals surface area contributed by atoms with Crippen molar-refractivity contribution in [3.8, 4) is 0 Å². The van der Waals surface area contributed by atoms with Gasteiger partial charge >= 0.3 is 0 Å². The van der Waals surface area contributed by atoms with Gasteiger partial charge in [0.25, 0.3) is 0 Å². The zero-order valence-electron chi connectivity index (χ0n) is 14.6. The molecule has 2 unspecified atom stereocenters. The van der Waals surface area contributed by atoms with Crippen molar-refractivity contribution in [2.45, 2.75) is 57.5 Å². The number of aliphatic hydroxyl groups is 1. The van der Waals surface area contributed by atoms with Crippen LogP contribution in [0.5, 0.6) is 0 Å². The summed E-state index contributed by atoms with van der Waals surface area (Å²) in [7, 11) is 0. The molecule has 5 heteroatoms. The molecule has 4 saturated carbocycles. The molecule has 0 saturated heterocycles. The summed E-state index contributed by atoms with van der Waals surface area (Å²) < 4.78 is 0. The number of rotatable bonds is 3. The Kier molecular flexibility index (Phi) is 3.12. The summed E-state index contributed by atoms with van der Waals surface area (Å²) in [6.45, 7) is 1.93. The standard InChI is InChI=1S/C20H25N3O2/c1-12-21-16-3-2-15(5-17(16)22-12)23-18(24)10-19-6-13-4-14(7-19)9-20(25,8-13)11-19/h2-3,5,13-14,25H,4,6-11H2,1H3,(H,21,22)(H,23,24). The molecule has 132 valence electrons. The summed E-state index contributed by atoms with van der Waals surface area (Å²) in [6.07, 6.45) is 6.70. The van der Waals surface area contributed by atoms with E-state index in [-0.39, 0.29) is 11.3 Å². The lowest BCUT2D eigenvalue weighted by Gasteiger charge is -2.60. The molecule has 4 aliphatic carbocycles. The highest BCUT2D eigenvalue weighted by atomic mass is 16.3. The van der Waals surface area contributed by atoms with Crippen LogP contribution in [-0.4, -0.2) is 26.6 Å². The fourth-order valence-corrected chi connectivity index (χ4v) is 6.37. The molecule has 0 spiro atoms. The highest BCUT2D eigenvalue weighted by Gasteiger charge is 2.57. The fourth-order valence-electron chi connectivity index (χ4n) is 6.37. The number of aryl methyl sites for hydroxylation is 1. The van der Waals surface area contributed by atoms with Gasteiger partial charge in [-0.25, -0.2) is 4.98 Å². The van der Waals surface area contributed by atoms with Gasteiger partial charge in [-0.05, 0) is 80.9 Å². The molecule has 5 nitrogen and oxygen atoms in total. The maximum atomic E-state index is 12.7. The van der Waals surface area contributed by atoms with Crippen LogP contribution in [0.1, 0.15) is 50.8 Å². The van der Waals surface area contributed by atoms with Gasteiger partial charge in [0.2, 0.25) is 5.91 Å². The maximum Gasteiger partial charge on any atom is 0.224 e. The van der Waals surface area contributed by atoms with Gasteiger partial charge in [0, 0.05) is 12.1 Å². The molecular weight excluding hydrogens is 314 g/mol. The number of carbonyl (C=O) groups is 1. The monoisotopic (exact) mass is 339 g/mol. The molecule has 4 fully saturated rings. The van der Waals surface area contributed by atoms with E-state index < -0.39 is 5.60 Å². The van der Waals surface area contributed by atoms with E-state index in [9.17, 15) is 9.90 Å². The zero-order chi connectivity index (χ0) is 17.2. The van der Waals surface area contributed by atoms with Crippen LogP contribution in [0.3, 0.4) is 0 Å².